The van der Waals surface area contributed by atoms with Crippen LogP contribution in [0.5, 0.6) is 0 Å². The number of aromatic nitrogens is 2. The maximum atomic E-state index is 12.5. The van der Waals surface area contributed by atoms with E-state index in [0.717, 1.165) is 17.7 Å². The van der Waals surface area contributed by atoms with Gasteiger partial charge in [-0.25, -0.2) is 0 Å². The second-order valence-electron chi connectivity index (χ2n) is 6.81. The zero-order chi connectivity index (χ0) is 16.3. The molecule has 1 amide bonds. The number of hydrogen-bond donors (Lipinski definition) is 1. The fourth-order valence-electron chi connectivity index (χ4n) is 2.86. The van der Waals surface area contributed by atoms with E-state index in [4.69, 9.17) is 9.47 Å². The highest BCUT2D eigenvalue weighted by Crippen LogP contribution is 2.36. The van der Waals surface area contributed by atoms with E-state index >= 15 is 0 Å². The van der Waals surface area contributed by atoms with Gasteiger partial charge in [-0.1, -0.05) is 13.8 Å². The Morgan fingerprint density at radius 3 is 2.91 bits per heavy atom. The average molecular weight is 309 g/mol. The van der Waals surface area contributed by atoms with E-state index < -0.39 is 0 Å². The number of carbonyl (C=O) groups excluding carboxylic acids is 1. The first kappa shape index (κ1) is 17.0. The number of nitrogens with zero attached hydrogens (tertiary/aromatic N) is 2. The van der Waals surface area contributed by atoms with Gasteiger partial charge in [-0.2, -0.15) is 5.10 Å². The number of carbonyl (C=O) groups is 1. The van der Waals surface area contributed by atoms with Gasteiger partial charge in [0.2, 0.25) is 5.91 Å². The number of rotatable bonds is 6. The van der Waals surface area contributed by atoms with Gasteiger partial charge >= 0.3 is 0 Å². The van der Waals surface area contributed by atoms with Crippen LogP contribution in [0.25, 0.3) is 0 Å². The predicted octanol–water partition coefficient (Wildman–Crippen LogP) is 1.59. The lowest BCUT2D eigenvalue weighted by Gasteiger charge is -2.25. The molecule has 0 bridgehead atoms. The average Bonchev–Trinajstić information content (AvgIpc) is 3.04. The molecule has 0 aliphatic carbocycles. The van der Waals surface area contributed by atoms with Crippen molar-refractivity contribution >= 4 is 5.91 Å². The highest BCUT2D eigenvalue weighted by atomic mass is 16.5. The fraction of sp³-hybridized carbons (Fsp3) is 0.750. The molecule has 0 saturated carbocycles. The second kappa shape index (κ2) is 6.79. The topological polar surface area (TPSA) is 65.4 Å². The highest BCUT2D eigenvalue weighted by Gasteiger charge is 2.37. The Labute approximate surface area is 132 Å². The van der Waals surface area contributed by atoms with Gasteiger partial charge in [0, 0.05) is 44.0 Å². The molecule has 0 aromatic carbocycles. The minimum Gasteiger partial charge on any atom is -0.384 e. The lowest BCUT2D eigenvalue weighted by Crippen LogP contribution is -2.40. The molecule has 6 heteroatoms. The Morgan fingerprint density at radius 2 is 2.32 bits per heavy atom. The molecule has 1 saturated heterocycles. The SMILES string of the molecule is COCC(C)(C)CNC(=O)[C@H]1CCO[C@@H]1c1cnn(C)c1C. The number of amides is 1. The van der Waals surface area contributed by atoms with Crippen molar-refractivity contribution in [1.29, 1.82) is 0 Å². The summed E-state index contributed by atoms with van der Waals surface area (Å²) in [6.45, 7) is 7.96. The monoisotopic (exact) mass is 309 g/mol. The summed E-state index contributed by atoms with van der Waals surface area (Å²) < 4.78 is 12.8. The zero-order valence-electron chi connectivity index (χ0n) is 14.2. The van der Waals surface area contributed by atoms with E-state index in [1.54, 1.807) is 13.3 Å². The summed E-state index contributed by atoms with van der Waals surface area (Å²) in [5.41, 5.74) is 1.98. The lowest BCUT2D eigenvalue weighted by atomic mass is 9.92. The molecule has 0 spiro atoms. The van der Waals surface area contributed by atoms with Crippen molar-refractivity contribution in [1.82, 2.24) is 15.1 Å². The number of aryl methyl sites for hydroxylation is 1. The van der Waals surface area contributed by atoms with E-state index in [0.29, 0.717) is 19.8 Å². The van der Waals surface area contributed by atoms with Crippen LogP contribution in [0.3, 0.4) is 0 Å². The Kier molecular flexibility index (Phi) is 5.24. The Morgan fingerprint density at radius 1 is 1.59 bits per heavy atom. The van der Waals surface area contributed by atoms with Crippen LogP contribution >= 0.6 is 0 Å². The van der Waals surface area contributed by atoms with Crippen molar-refractivity contribution in [3.8, 4) is 0 Å². The standard InChI is InChI=1S/C16H27N3O3/c1-11-13(8-18-19(11)4)14-12(6-7-22-14)15(20)17-9-16(2,3)10-21-5/h8,12,14H,6-7,9-10H2,1-5H3,(H,17,20)/t12-,14-/m0/s1. The first-order chi connectivity index (χ1) is 10.4. The minimum atomic E-state index is -0.195. The van der Waals surface area contributed by atoms with Crippen molar-refractivity contribution in [3.63, 3.8) is 0 Å². The fourth-order valence-corrected chi connectivity index (χ4v) is 2.86. The third kappa shape index (κ3) is 3.67. The number of methoxy groups -OCH3 is 1. The van der Waals surface area contributed by atoms with Gasteiger partial charge in [0.15, 0.2) is 0 Å². The molecule has 1 fully saturated rings. The van der Waals surface area contributed by atoms with Crippen LogP contribution in [0.15, 0.2) is 6.20 Å². The normalized spacial score (nSPS) is 22.0. The number of ether oxygens (including phenoxy) is 2. The third-order valence-corrected chi connectivity index (χ3v) is 4.28. The van der Waals surface area contributed by atoms with E-state index in [9.17, 15) is 4.79 Å². The van der Waals surface area contributed by atoms with E-state index in [2.05, 4.69) is 24.3 Å². The molecule has 2 rings (SSSR count). The van der Waals surface area contributed by atoms with Crippen molar-refractivity contribution in [3.05, 3.63) is 17.5 Å². The van der Waals surface area contributed by atoms with Gasteiger partial charge in [0.1, 0.15) is 0 Å². The smallest absolute Gasteiger partial charge is 0.226 e. The predicted molar refractivity (Wildman–Crippen MR) is 83.4 cm³/mol. The second-order valence-corrected chi connectivity index (χ2v) is 6.81. The van der Waals surface area contributed by atoms with Gasteiger partial charge in [-0.3, -0.25) is 9.48 Å². The van der Waals surface area contributed by atoms with Crippen LogP contribution < -0.4 is 5.32 Å². The third-order valence-electron chi connectivity index (χ3n) is 4.28. The van der Waals surface area contributed by atoms with Gasteiger partial charge in [0.05, 0.1) is 24.8 Å². The van der Waals surface area contributed by atoms with Gasteiger partial charge in [0.25, 0.3) is 0 Å². The molecule has 2 heterocycles. The molecule has 1 aromatic heterocycles. The Bertz CT molecular complexity index is 525. The summed E-state index contributed by atoms with van der Waals surface area (Å²) >= 11 is 0. The van der Waals surface area contributed by atoms with Crippen LogP contribution in [-0.4, -0.2) is 42.6 Å². The summed E-state index contributed by atoms with van der Waals surface area (Å²) in [5, 5.41) is 7.30. The van der Waals surface area contributed by atoms with Crippen LogP contribution in [0.1, 0.15) is 37.6 Å². The zero-order valence-corrected chi connectivity index (χ0v) is 14.2. The maximum Gasteiger partial charge on any atom is 0.226 e. The molecule has 1 aliphatic rings. The van der Waals surface area contributed by atoms with Crippen LogP contribution in [0.2, 0.25) is 0 Å². The first-order valence-electron chi connectivity index (χ1n) is 7.72. The van der Waals surface area contributed by atoms with Gasteiger partial charge in [-0.05, 0) is 13.3 Å². The lowest BCUT2D eigenvalue weighted by molar-refractivity contribution is -0.127. The van der Waals surface area contributed by atoms with Crippen molar-refractivity contribution in [2.45, 2.75) is 33.3 Å². The molecular weight excluding hydrogens is 282 g/mol. The Hall–Kier alpha value is -1.40. The van der Waals surface area contributed by atoms with E-state index in [1.165, 1.54) is 0 Å². The van der Waals surface area contributed by atoms with Gasteiger partial charge in [-0.15, -0.1) is 0 Å². The number of hydrogen-bond acceptors (Lipinski definition) is 4. The first-order valence-corrected chi connectivity index (χ1v) is 7.72. The molecule has 124 valence electrons. The largest absolute Gasteiger partial charge is 0.384 e. The summed E-state index contributed by atoms with van der Waals surface area (Å²) in [4.78, 5) is 12.5. The molecule has 6 nitrogen and oxygen atoms in total. The molecule has 2 atom stereocenters. The molecule has 0 radical (unpaired) electrons. The molecular formula is C16H27N3O3. The maximum absolute atomic E-state index is 12.5. The summed E-state index contributed by atoms with van der Waals surface area (Å²) in [7, 11) is 3.58. The number of nitrogens with one attached hydrogen (secondary N) is 1. The highest BCUT2D eigenvalue weighted by molar-refractivity contribution is 5.79. The van der Waals surface area contributed by atoms with Gasteiger partial charge < -0.3 is 14.8 Å². The van der Waals surface area contributed by atoms with Crippen molar-refractivity contribution < 1.29 is 14.3 Å². The van der Waals surface area contributed by atoms with E-state index in [1.807, 2.05) is 18.7 Å². The van der Waals surface area contributed by atoms with Crippen molar-refractivity contribution in [2.75, 3.05) is 26.9 Å². The molecule has 1 N–H and O–H groups in total. The minimum absolute atomic E-state index is 0.0509. The molecule has 1 aromatic rings. The van der Waals surface area contributed by atoms with E-state index in [-0.39, 0.29) is 23.3 Å². The van der Waals surface area contributed by atoms with Crippen molar-refractivity contribution in [2.24, 2.45) is 18.4 Å². The molecule has 22 heavy (non-hydrogen) atoms. The Balaban J connectivity index is 2.01. The summed E-state index contributed by atoms with van der Waals surface area (Å²) in [6, 6.07) is 0. The van der Waals surface area contributed by atoms with Crippen LogP contribution in [0.4, 0.5) is 0 Å². The summed E-state index contributed by atoms with van der Waals surface area (Å²) in [5.74, 6) is -0.101. The van der Waals surface area contributed by atoms with Crippen LogP contribution in [-0.2, 0) is 21.3 Å². The summed E-state index contributed by atoms with van der Waals surface area (Å²) in [6.07, 6.45) is 2.36. The van der Waals surface area contributed by atoms with Crippen LogP contribution in [0, 0.1) is 18.3 Å². The molecule has 1 aliphatic heterocycles. The molecule has 0 unspecified atom stereocenters. The quantitative estimate of drug-likeness (QED) is 0.867.